The summed E-state index contributed by atoms with van der Waals surface area (Å²) < 4.78 is 33.3. The largest absolute Gasteiger partial charge is 0.493 e. The predicted octanol–water partition coefficient (Wildman–Crippen LogP) is 6.59. The third-order valence-electron chi connectivity index (χ3n) is 8.09. The van der Waals surface area contributed by atoms with Crippen LogP contribution in [0.1, 0.15) is 57.5 Å². The Hall–Kier alpha value is -4.66. The molecule has 2 heterocycles. The van der Waals surface area contributed by atoms with Crippen molar-refractivity contribution in [1.29, 1.82) is 0 Å². The van der Waals surface area contributed by atoms with Gasteiger partial charge in [0.1, 0.15) is 23.0 Å². The van der Waals surface area contributed by atoms with E-state index in [1.165, 1.54) is 0 Å². The first-order valence-corrected chi connectivity index (χ1v) is 14.9. The van der Waals surface area contributed by atoms with E-state index in [1.54, 1.807) is 60.7 Å². The van der Waals surface area contributed by atoms with E-state index in [0.29, 0.717) is 59.5 Å². The highest BCUT2D eigenvalue weighted by Gasteiger charge is 2.27. The van der Waals surface area contributed by atoms with Gasteiger partial charge in [0.25, 0.3) is 0 Å². The van der Waals surface area contributed by atoms with Crippen molar-refractivity contribution in [1.82, 2.24) is 0 Å². The van der Waals surface area contributed by atoms with Gasteiger partial charge in [-0.1, -0.05) is 19.1 Å². The molecule has 0 saturated carbocycles. The first-order valence-electron chi connectivity index (χ1n) is 14.9. The van der Waals surface area contributed by atoms with Gasteiger partial charge in [-0.3, -0.25) is 0 Å². The summed E-state index contributed by atoms with van der Waals surface area (Å²) >= 11 is 0. The zero-order valence-corrected chi connectivity index (χ0v) is 24.3. The molecule has 4 aromatic carbocycles. The highest BCUT2D eigenvalue weighted by Crippen LogP contribution is 2.47. The topological polar surface area (TPSA) is 96.1 Å². The average Bonchev–Trinajstić information content (AvgIpc) is 3.98. The maximum atomic E-state index is 12.9. The van der Waals surface area contributed by atoms with Crippen LogP contribution in [0.4, 0.5) is 0 Å². The van der Waals surface area contributed by atoms with Crippen molar-refractivity contribution in [2.45, 2.75) is 37.9 Å². The molecule has 7 rings (SSSR count). The molecule has 8 heteroatoms. The first kappa shape index (κ1) is 28.1. The van der Waals surface area contributed by atoms with Crippen molar-refractivity contribution in [2.24, 2.45) is 0 Å². The van der Waals surface area contributed by atoms with Gasteiger partial charge in [-0.2, -0.15) is 0 Å². The molecule has 3 aliphatic rings. The third kappa shape index (κ3) is 6.46. The molecule has 0 spiro atoms. The number of esters is 2. The van der Waals surface area contributed by atoms with Crippen LogP contribution in [0.5, 0.6) is 23.0 Å². The maximum Gasteiger partial charge on any atom is 0.343 e. The number of ether oxygens (including phenoxy) is 6. The Balaban J connectivity index is 0.965. The third-order valence-corrected chi connectivity index (χ3v) is 8.09. The molecule has 0 bridgehead atoms. The number of benzene rings is 4. The molecule has 0 N–H and O–H groups in total. The lowest BCUT2D eigenvalue weighted by molar-refractivity contribution is 0.0725. The normalized spacial score (nSPS) is 19.0. The maximum absolute atomic E-state index is 12.9. The van der Waals surface area contributed by atoms with Gasteiger partial charge in [0, 0.05) is 18.8 Å². The highest BCUT2D eigenvalue weighted by atomic mass is 16.6. The van der Waals surface area contributed by atoms with Crippen LogP contribution < -0.4 is 18.9 Å². The van der Waals surface area contributed by atoms with E-state index in [1.807, 2.05) is 24.3 Å². The number of fused-ring (bicyclic) bond motifs is 3. The SMILES string of the molecule is CC1c2cc(OC(=O)c3ccc(OCCC4CO4)cc3)ccc2-c2ccc(OC(=O)c3ccc(OCCC4CO4)cc3)cc21. The van der Waals surface area contributed by atoms with Crippen LogP contribution >= 0.6 is 0 Å². The molecule has 2 fully saturated rings. The molecule has 224 valence electrons. The molecule has 2 atom stereocenters. The van der Waals surface area contributed by atoms with Crippen molar-refractivity contribution >= 4 is 11.9 Å². The number of carbonyl (C=O) groups excluding carboxylic acids is 2. The van der Waals surface area contributed by atoms with Gasteiger partial charge in [0.15, 0.2) is 0 Å². The Labute approximate surface area is 255 Å². The number of carbonyl (C=O) groups is 2. The van der Waals surface area contributed by atoms with E-state index in [0.717, 1.165) is 48.3 Å². The van der Waals surface area contributed by atoms with Crippen molar-refractivity contribution in [3.05, 3.63) is 107 Å². The first-order chi connectivity index (χ1) is 21.5. The Morgan fingerprint density at radius 1 is 0.614 bits per heavy atom. The van der Waals surface area contributed by atoms with Crippen molar-refractivity contribution in [3.63, 3.8) is 0 Å². The molecule has 0 amide bonds. The molecular weight excluding hydrogens is 560 g/mol. The fourth-order valence-electron chi connectivity index (χ4n) is 5.38. The summed E-state index contributed by atoms with van der Waals surface area (Å²) in [5.74, 6) is 1.49. The minimum atomic E-state index is -0.437. The van der Waals surface area contributed by atoms with E-state index in [9.17, 15) is 9.59 Å². The van der Waals surface area contributed by atoms with Crippen LogP contribution in [0.3, 0.4) is 0 Å². The fraction of sp³-hybridized carbons (Fsp3) is 0.278. The Morgan fingerprint density at radius 3 is 1.39 bits per heavy atom. The molecule has 0 radical (unpaired) electrons. The average molecular weight is 593 g/mol. The summed E-state index contributed by atoms with van der Waals surface area (Å²) in [6, 6.07) is 25.2. The number of hydrogen-bond donors (Lipinski definition) is 0. The smallest absolute Gasteiger partial charge is 0.343 e. The molecule has 44 heavy (non-hydrogen) atoms. The summed E-state index contributed by atoms with van der Waals surface area (Å²) in [5, 5.41) is 0. The summed E-state index contributed by atoms with van der Waals surface area (Å²) in [7, 11) is 0. The Morgan fingerprint density at radius 2 is 1.00 bits per heavy atom. The second-order valence-corrected chi connectivity index (χ2v) is 11.2. The molecule has 2 saturated heterocycles. The summed E-state index contributed by atoms with van der Waals surface area (Å²) in [4.78, 5) is 25.7. The minimum Gasteiger partial charge on any atom is -0.493 e. The van der Waals surface area contributed by atoms with E-state index in [2.05, 4.69) is 6.92 Å². The van der Waals surface area contributed by atoms with Gasteiger partial charge < -0.3 is 28.4 Å². The van der Waals surface area contributed by atoms with Crippen LogP contribution in [-0.2, 0) is 9.47 Å². The Kier molecular flexibility index (Phi) is 7.77. The van der Waals surface area contributed by atoms with Crippen LogP contribution in [-0.4, -0.2) is 50.6 Å². The molecule has 0 aromatic heterocycles. The van der Waals surface area contributed by atoms with E-state index in [4.69, 9.17) is 28.4 Å². The van der Waals surface area contributed by atoms with Crippen molar-refractivity contribution in [2.75, 3.05) is 26.4 Å². The summed E-state index contributed by atoms with van der Waals surface area (Å²) in [6.07, 6.45) is 2.36. The van der Waals surface area contributed by atoms with Gasteiger partial charge in [0.2, 0.25) is 0 Å². The summed E-state index contributed by atoms with van der Waals surface area (Å²) in [6.45, 7) is 4.86. The summed E-state index contributed by atoms with van der Waals surface area (Å²) in [5.41, 5.74) is 5.09. The second kappa shape index (κ2) is 12.1. The standard InChI is InChI=1S/C36H32O8/c1-22-33-18-27(43-35(37)23-2-6-25(7-3-23)39-16-14-29-20-41-29)10-12-31(33)32-13-11-28(19-34(22)32)44-36(38)24-4-8-26(9-5-24)40-17-15-30-21-42-30/h2-13,18-19,22,29-30H,14-17,20-21H2,1H3. The minimum absolute atomic E-state index is 0.0206. The lowest BCUT2D eigenvalue weighted by atomic mass is 9.99. The molecule has 4 aromatic rings. The van der Waals surface area contributed by atoms with E-state index in [-0.39, 0.29) is 5.92 Å². The molecular formula is C36H32O8. The number of epoxide rings is 2. The van der Waals surface area contributed by atoms with Gasteiger partial charge in [-0.25, -0.2) is 9.59 Å². The van der Waals surface area contributed by atoms with E-state index < -0.39 is 11.9 Å². The van der Waals surface area contributed by atoms with Crippen LogP contribution in [0.15, 0.2) is 84.9 Å². The quantitative estimate of drug-likeness (QED) is 0.103. The lowest BCUT2D eigenvalue weighted by Gasteiger charge is -2.11. The molecule has 2 aliphatic heterocycles. The van der Waals surface area contributed by atoms with Gasteiger partial charge in [0.05, 0.1) is 49.8 Å². The fourth-order valence-corrected chi connectivity index (χ4v) is 5.38. The van der Waals surface area contributed by atoms with Crippen molar-refractivity contribution in [3.8, 4) is 34.1 Å². The van der Waals surface area contributed by atoms with Gasteiger partial charge >= 0.3 is 11.9 Å². The van der Waals surface area contributed by atoms with Gasteiger partial charge in [-0.05, 0) is 95.1 Å². The van der Waals surface area contributed by atoms with Gasteiger partial charge in [-0.15, -0.1) is 0 Å². The predicted molar refractivity (Wildman–Crippen MR) is 162 cm³/mol. The van der Waals surface area contributed by atoms with Crippen molar-refractivity contribution < 1.29 is 38.0 Å². The van der Waals surface area contributed by atoms with Crippen LogP contribution in [0, 0.1) is 0 Å². The zero-order chi connectivity index (χ0) is 30.0. The second-order valence-electron chi connectivity index (χ2n) is 11.2. The van der Waals surface area contributed by atoms with Crippen LogP contribution in [0.25, 0.3) is 11.1 Å². The molecule has 1 aliphatic carbocycles. The molecule has 2 unspecified atom stereocenters. The molecule has 8 nitrogen and oxygen atoms in total. The number of hydrogen-bond acceptors (Lipinski definition) is 8. The Bertz CT molecular complexity index is 1540. The zero-order valence-electron chi connectivity index (χ0n) is 24.3. The monoisotopic (exact) mass is 592 g/mol. The number of rotatable bonds is 12. The van der Waals surface area contributed by atoms with E-state index >= 15 is 0 Å². The highest BCUT2D eigenvalue weighted by molar-refractivity contribution is 5.92. The van der Waals surface area contributed by atoms with Crippen LogP contribution in [0.2, 0.25) is 0 Å². The lowest BCUT2D eigenvalue weighted by Crippen LogP contribution is -2.09.